The average Bonchev–Trinajstić information content (AvgIpc) is 3.35. The van der Waals surface area contributed by atoms with Gasteiger partial charge >= 0.3 is 0 Å². The molecule has 0 aromatic carbocycles. The summed E-state index contributed by atoms with van der Waals surface area (Å²) in [6.07, 6.45) is -53.9. The maximum atomic E-state index is 12.5. The Morgan fingerprint density at radius 3 is 1.27 bits per heavy atom. The van der Waals surface area contributed by atoms with Gasteiger partial charge in [0.05, 0.1) is 39.6 Å². The van der Waals surface area contributed by atoms with Gasteiger partial charge in [-0.05, 0) is 0 Å². The van der Waals surface area contributed by atoms with Gasteiger partial charge in [0.2, 0.25) is 11.8 Å². The van der Waals surface area contributed by atoms with E-state index in [9.17, 15) is 102 Å². The van der Waals surface area contributed by atoms with Crippen LogP contribution in [0, 0.1) is 0 Å². The number of rotatable bonds is 18. The van der Waals surface area contributed by atoms with Crippen molar-refractivity contribution < 1.29 is 154 Å². The maximum Gasteiger partial charge on any atom is 0.217 e. The van der Waals surface area contributed by atoms with Crippen molar-refractivity contribution in [3.05, 3.63) is 0 Å². The van der Waals surface area contributed by atoms with E-state index in [1.54, 1.807) is 0 Å². The van der Waals surface area contributed by atoms with Crippen molar-refractivity contribution in [2.24, 2.45) is 0 Å². The van der Waals surface area contributed by atoms with Crippen molar-refractivity contribution in [2.75, 3.05) is 39.6 Å². The third kappa shape index (κ3) is 13.0. The highest BCUT2D eigenvalue weighted by Crippen LogP contribution is 2.37. The molecule has 6 aliphatic rings. The summed E-state index contributed by atoms with van der Waals surface area (Å²) < 4.78 is 62.6. The molecule has 0 bridgehead atoms. The van der Waals surface area contributed by atoms with Crippen molar-refractivity contribution in [1.29, 1.82) is 0 Å². The molecule has 0 radical (unpaired) electrons. The molecule has 20 N–H and O–H groups in total. The largest absolute Gasteiger partial charge is 0.394 e. The molecular formula is C40H68N2O31. The summed E-state index contributed by atoms with van der Waals surface area (Å²) in [7, 11) is 0. The highest BCUT2D eigenvalue weighted by molar-refractivity contribution is 5.73. The fraction of sp³-hybridized carbons (Fsp3) is 0.950. The fourth-order valence-corrected chi connectivity index (χ4v) is 9.20. The molecule has 2 amide bonds. The molecular weight excluding hydrogens is 1000 g/mol. The minimum absolute atomic E-state index is 0.711. The molecule has 6 rings (SSSR count). The number of nitrogens with one attached hydrogen (secondary N) is 2. The lowest BCUT2D eigenvalue weighted by Gasteiger charge is -2.50. The van der Waals surface area contributed by atoms with E-state index in [1.807, 2.05) is 0 Å². The second kappa shape index (κ2) is 26.0. The Bertz CT molecular complexity index is 1740. The first kappa shape index (κ1) is 60.0. The molecule has 30 atom stereocenters. The van der Waals surface area contributed by atoms with Gasteiger partial charge in [-0.25, -0.2) is 0 Å². The molecule has 424 valence electrons. The van der Waals surface area contributed by atoms with Gasteiger partial charge in [-0.15, -0.1) is 0 Å². The van der Waals surface area contributed by atoms with E-state index in [2.05, 4.69) is 10.6 Å². The van der Waals surface area contributed by atoms with E-state index in [1.165, 1.54) is 0 Å². The Balaban J connectivity index is 1.26. The van der Waals surface area contributed by atoms with Crippen LogP contribution in [-0.2, 0) is 61.7 Å². The number of amides is 2. The van der Waals surface area contributed by atoms with Gasteiger partial charge in [-0.3, -0.25) is 9.59 Å². The molecule has 6 heterocycles. The van der Waals surface area contributed by atoms with Crippen LogP contribution in [-0.4, -0.2) is 327 Å². The zero-order valence-electron chi connectivity index (χ0n) is 38.9. The number of hydrogen-bond donors (Lipinski definition) is 20. The molecule has 0 aliphatic carbocycles. The van der Waals surface area contributed by atoms with Crippen molar-refractivity contribution in [3.8, 4) is 0 Å². The van der Waals surface area contributed by atoms with Gasteiger partial charge in [0.15, 0.2) is 37.7 Å². The smallest absolute Gasteiger partial charge is 0.217 e. The van der Waals surface area contributed by atoms with E-state index >= 15 is 0 Å². The maximum absolute atomic E-state index is 12.5. The minimum Gasteiger partial charge on any atom is -0.394 e. The first-order valence-electron chi connectivity index (χ1n) is 23.1. The van der Waals surface area contributed by atoms with Crippen LogP contribution in [0.1, 0.15) is 13.8 Å². The Kier molecular flexibility index (Phi) is 21.3. The normalized spacial score (nSPS) is 49.8. The fourth-order valence-electron chi connectivity index (χ4n) is 9.20. The van der Waals surface area contributed by atoms with Crippen molar-refractivity contribution in [2.45, 2.75) is 198 Å². The summed E-state index contributed by atoms with van der Waals surface area (Å²) >= 11 is 0. The SMILES string of the molecule is CC(=O)N[C@@H]1[C@@H](O)[C@H](O[C@@H]2O[C@H](CO)[C@@H](O[C@@H]3O[C@H](CO)[C@@H](O)[C@H](O[C@H]4O[C@H](CO[C@H]5O[C@H](CO)[C@@H](O)[C@H](O)[C@@H]5O)[C@@H](O)[C@H](O)[C@@H]4O[C@H]4O[C@H](CO)[C@@H](O)[C@H](O)[C@@H]4O)[C@@H]3O)[C@H](O)[C@H]2NC(C)=O)[C@@H](CO)O[C@H]1O. The summed E-state index contributed by atoms with van der Waals surface area (Å²) in [5.41, 5.74) is 0. The van der Waals surface area contributed by atoms with Crippen molar-refractivity contribution >= 4 is 11.8 Å². The minimum atomic E-state index is -2.29. The summed E-state index contributed by atoms with van der Waals surface area (Å²) in [6.45, 7) is -3.58. The summed E-state index contributed by atoms with van der Waals surface area (Å²) in [4.78, 5) is 24.4. The Morgan fingerprint density at radius 1 is 0.356 bits per heavy atom. The standard InChI is InChI=1S/C40H68N2O31/c1-9(48)41-17-23(54)31(14(6-46)64-35(17)62)70-36-18(42-10(2)49)24(55)32(15(7-47)68-36)71-39-30(61)33(22(53)13(5-45)67-39)72-40-34(73-38-29(60)26(57)20(51)12(4-44)66-38)27(58)21(52)16(69-40)8-63-37-28(59)25(56)19(50)11(3-43)65-37/h11-40,43-47,50-62H,3-8H2,1-2H3,(H,41,48)(H,42,49)/t11-,12-,13-,14-,15-,16-,17-,18-,19-,20-,21-,22-,23-,24-,25+,26+,27+,28+,29+,30+,31-,32-,33+,34+,35-,36+,37+,38-,39+,40-/m1/s1. The molecule has 0 unspecified atom stereocenters. The van der Waals surface area contributed by atoms with Crippen LogP contribution in [0.5, 0.6) is 0 Å². The van der Waals surface area contributed by atoms with E-state index < -0.39 is 236 Å². The summed E-state index contributed by atoms with van der Waals surface area (Å²) in [5, 5.41) is 197. The predicted octanol–water partition coefficient (Wildman–Crippen LogP) is -13.8. The van der Waals surface area contributed by atoms with Crippen LogP contribution in [0.4, 0.5) is 0 Å². The Labute approximate surface area is 413 Å². The second-order valence-corrected chi connectivity index (χ2v) is 18.3. The van der Waals surface area contributed by atoms with Crippen LogP contribution in [0.3, 0.4) is 0 Å². The summed E-state index contributed by atoms with van der Waals surface area (Å²) in [5.74, 6) is -1.53. The van der Waals surface area contributed by atoms with Gasteiger partial charge in [0.25, 0.3) is 0 Å². The molecule has 6 aliphatic heterocycles. The molecule has 6 fully saturated rings. The predicted molar refractivity (Wildman–Crippen MR) is 222 cm³/mol. The van der Waals surface area contributed by atoms with Crippen LogP contribution in [0.2, 0.25) is 0 Å². The van der Waals surface area contributed by atoms with Gasteiger partial charge in [-0.2, -0.15) is 0 Å². The number of aliphatic hydroxyl groups is 18. The van der Waals surface area contributed by atoms with E-state index in [4.69, 9.17) is 52.1 Å². The van der Waals surface area contributed by atoms with E-state index in [-0.39, 0.29) is 0 Å². The van der Waals surface area contributed by atoms with Crippen LogP contribution >= 0.6 is 0 Å². The van der Waals surface area contributed by atoms with Crippen molar-refractivity contribution in [3.63, 3.8) is 0 Å². The van der Waals surface area contributed by atoms with Gasteiger partial charge in [0, 0.05) is 13.8 Å². The van der Waals surface area contributed by atoms with Crippen LogP contribution in [0.25, 0.3) is 0 Å². The first-order chi connectivity index (χ1) is 34.5. The van der Waals surface area contributed by atoms with Crippen molar-refractivity contribution in [1.82, 2.24) is 10.6 Å². The average molecular weight is 1070 g/mol. The molecule has 73 heavy (non-hydrogen) atoms. The highest BCUT2D eigenvalue weighted by Gasteiger charge is 2.58. The second-order valence-electron chi connectivity index (χ2n) is 18.3. The zero-order chi connectivity index (χ0) is 53.9. The Hall–Kier alpha value is -2.22. The number of aliphatic hydroxyl groups excluding tert-OH is 18. The number of carbonyl (C=O) groups is 2. The van der Waals surface area contributed by atoms with E-state index in [0.717, 1.165) is 13.8 Å². The quantitative estimate of drug-likeness (QED) is 0.0606. The number of ether oxygens (including phenoxy) is 11. The molecule has 0 aromatic heterocycles. The van der Waals surface area contributed by atoms with Gasteiger partial charge < -0.3 is 155 Å². The highest BCUT2D eigenvalue weighted by atomic mass is 16.8. The molecule has 0 spiro atoms. The summed E-state index contributed by atoms with van der Waals surface area (Å²) in [6, 6.07) is -3.25. The molecule has 0 aromatic rings. The molecule has 33 heteroatoms. The topological polar surface area (TPSA) is 524 Å². The Morgan fingerprint density at radius 2 is 0.740 bits per heavy atom. The van der Waals surface area contributed by atoms with Crippen LogP contribution in [0.15, 0.2) is 0 Å². The zero-order valence-corrected chi connectivity index (χ0v) is 38.9. The lowest BCUT2D eigenvalue weighted by atomic mass is 9.94. The third-order valence-electron chi connectivity index (χ3n) is 13.2. The number of carbonyl (C=O) groups excluding carboxylic acids is 2. The lowest BCUT2D eigenvalue weighted by Crippen LogP contribution is -2.70. The molecule has 33 nitrogen and oxygen atoms in total. The van der Waals surface area contributed by atoms with Gasteiger partial charge in [0.1, 0.15) is 146 Å². The van der Waals surface area contributed by atoms with E-state index in [0.29, 0.717) is 0 Å². The third-order valence-corrected chi connectivity index (χ3v) is 13.2. The first-order valence-corrected chi connectivity index (χ1v) is 23.1. The van der Waals surface area contributed by atoms with Crippen LogP contribution < -0.4 is 10.6 Å². The number of hydrogen-bond acceptors (Lipinski definition) is 31. The van der Waals surface area contributed by atoms with Gasteiger partial charge in [-0.1, -0.05) is 0 Å². The molecule has 6 saturated heterocycles. The monoisotopic (exact) mass is 1070 g/mol. The molecule has 0 saturated carbocycles. The lowest BCUT2D eigenvalue weighted by molar-refractivity contribution is -0.398.